The Morgan fingerprint density at radius 2 is 1.88 bits per heavy atom. The molecule has 2 unspecified atom stereocenters. The summed E-state index contributed by atoms with van der Waals surface area (Å²) in [5.41, 5.74) is 1.90. The average Bonchev–Trinajstić information content (AvgIpc) is 3.31. The summed E-state index contributed by atoms with van der Waals surface area (Å²) in [5, 5.41) is 0. The molecule has 2 saturated heterocycles. The number of fused-ring (bicyclic) bond motifs is 2. The highest BCUT2D eigenvalue weighted by Gasteiger charge is 2.57. The van der Waals surface area contributed by atoms with E-state index in [-0.39, 0.29) is 0 Å². The summed E-state index contributed by atoms with van der Waals surface area (Å²) < 4.78 is 0. The molecule has 3 heterocycles. The first-order valence-electron chi connectivity index (χ1n) is 10.9. The van der Waals surface area contributed by atoms with Gasteiger partial charge in [-0.1, -0.05) is 19.3 Å². The predicted octanol–water partition coefficient (Wildman–Crippen LogP) is 4.50. The maximum absolute atomic E-state index is 13.3. The molecule has 0 spiro atoms. The van der Waals surface area contributed by atoms with E-state index in [1.807, 2.05) is 11.3 Å². The summed E-state index contributed by atoms with van der Waals surface area (Å²) in [6.07, 6.45) is 14.3. The summed E-state index contributed by atoms with van der Waals surface area (Å²) in [5.74, 6) is 0.339. The molecule has 1 aromatic rings. The fourth-order valence-electron chi connectivity index (χ4n) is 6.05. The lowest BCUT2D eigenvalue weighted by atomic mass is 9.73. The van der Waals surface area contributed by atoms with Crippen molar-refractivity contribution in [1.82, 2.24) is 9.80 Å². The van der Waals surface area contributed by atoms with E-state index in [1.165, 1.54) is 101 Å². The topological polar surface area (TPSA) is 23.6 Å². The molecule has 2 atom stereocenters. The van der Waals surface area contributed by atoms with Gasteiger partial charge in [0.2, 0.25) is 0 Å². The van der Waals surface area contributed by atoms with Crippen molar-refractivity contribution >= 4 is 17.2 Å². The quantitative estimate of drug-likeness (QED) is 0.780. The molecule has 1 aromatic heterocycles. The minimum atomic E-state index is 0.339. The molecule has 4 heteroatoms. The van der Waals surface area contributed by atoms with Crippen LogP contribution in [0, 0.1) is 5.41 Å². The molecule has 2 aliphatic carbocycles. The molecule has 142 valence electrons. The van der Waals surface area contributed by atoms with E-state index in [4.69, 9.17) is 0 Å². The molecule has 1 saturated carbocycles. The Hall–Kier alpha value is -0.870. The molecule has 26 heavy (non-hydrogen) atoms. The number of carbonyl (C=O) groups excluding carboxylic acids is 1. The lowest BCUT2D eigenvalue weighted by Crippen LogP contribution is -2.66. The van der Waals surface area contributed by atoms with Gasteiger partial charge in [-0.3, -0.25) is 4.79 Å². The fourth-order valence-corrected chi connectivity index (χ4v) is 7.26. The van der Waals surface area contributed by atoms with Gasteiger partial charge in [0, 0.05) is 29.4 Å². The van der Waals surface area contributed by atoms with Crippen LogP contribution in [0.4, 0.5) is 0 Å². The molecule has 0 radical (unpaired) electrons. The highest BCUT2D eigenvalue weighted by Crippen LogP contribution is 2.51. The van der Waals surface area contributed by atoms with Crippen molar-refractivity contribution in [3.05, 3.63) is 21.4 Å². The van der Waals surface area contributed by atoms with E-state index >= 15 is 0 Å². The Labute approximate surface area is 161 Å². The molecule has 2 aliphatic heterocycles. The highest BCUT2D eigenvalue weighted by molar-refractivity contribution is 7.14. The van der Waals surface area contributed by atoms with Crippen molar-refractivity contribution in [1.29, 1.82) is 0 Å². The van der Waals surface area contributed by atoms with Crippen LogP contribution >= 0.6 is 11.3 Å². The largest absolute Gasteiger partial charge is 0.334 e. The van der Waals surface area contributed by atoms with Crippen molar-refractivity contribution in [2.45, 2.75) is 76.7 Å². The number of amides is 1. The summed E-state index contributed by atoms with van der Waals surface area (Å²) in [4.78, 5) is 20.7. The van der Waals surface area contributed by atoms with E-state index in [0.717, 1.165) is 11.4 Å². The van der Waals surface area contributed by atoms with Gasteiger partial charge in [0.15, 0.2) is 0 Å². The van der Waals surface area contributed by atoms with Gasteiger partial charge in [-0.25, -0.2) is 0 Å². The van der Waals surface area contributed by atoms with Crippen LogP contribution in [-0.2, 0) is 12.8 Å². The summed E-state index contributed by atoms with van der Waals surface area (Å²) in [6, 6.07) is 2.77. The molecule has 0 aromatic carbocycles. The summed E-state index contributed by atoms with van der Waals surface area (Å²) >= 11 is 1.81. The van der Waals surface area contributed by atoms with Gasteiger partial charge in [-0.05, 0) is 76.1 Å². The maximum atomic E-state index is 13.3. The second-order valence-corrected chi connectivity index (χ2v) is 10.3. The Kier molecular flexibility index (Phi) is 4.60. The third kappa shape index (κ3) is 2.93. The first-order chi connectivity index (χ1) is 12.8. The Morgan fingerprint density at radius 3 is 2.73 bits per heavy atom. The number of carbonyl (C=O) groups is 1. The lowest BCUT2D eigenvalue weighted by molar-refractivity contribution is -0.0480. The Morgan fingerprint density at radius 1 is 1.08 bits per heavy atom. The molecule has 1 amide bonds. The number of thiophene rings is 1. The zero-order valence-electron chi connectivity index (χ0n) is 16.0. The average molecular weight is 373 g/mol. The van der Waals surface area contributed by atoms with E-state index in [9.17, 15) is 4.79 Å². The van der Waals surface area contributed by atoms with Crippen LogP contribution < -0.4 is 0 Å². The molecule has 5 rings (SSSR count). The van der Waals surface area contributed by atoms with Crippen molar-refractivity contribution in [3.63, 3.8) is 0 Å². The van der Waals surface area contributed by atoms with Gasteiger partial charge in [0.25, 0.3) is 5.91 Å². The van der Waals surface area contributed by atoms with Crippen LogP contribution in [-0.4, -0.2) is 47.9 Å². The zero-order chi connectivity index (χ0) is 17.6. The van der Waals surface area contributed by atoms with E-state index in [0.29, 0.717) is 17.4 Å². The second-order valence-electron chi connectivity index (χ2n) is 9.16. The van der Waals surface area contributed by atoms with Crippen LogP contribution in [0.3, 0.4) is 0 Å². The van der Waals surface area contributed by atoms with E-state index in [1.54, 1.807) is 0 Å². The van der Waals surface area contributed by atoms with Crippen molar-refractivity contribution in [2.75, 3.05) is 26.2 Å². The minimum Gasteiger partial charge on any atom is -0.334 e. The van der Waals surface area contributed by atoms with E-state index < -0.39 is 0 Å². The third-order valence-corrected chi connectivity index (χ3v) is 8.65. The van der Waals surface area contributed by atoms with Crippen molar-refractivity contribution < 1.29 is 4.79 Å². The van der Waals surface area contributed by atoms with Crippen LogP contribution in [0.15, 0.2) is 6.07 Å². The molecular formula is C22H32N2OS. The minimum absolute atomic E-state index is 0.339. The monoisotopic (exact) mass is 372 g/mol. The van der Waals surface area contributed by atoms with Crippen LogP contribution in [0.1, 0.15) is 77.9 Å². The molecule has 4 aliphatic rings. The zero-order valence-corrected chi connectivity index (χ0v) is 16.8. The van der Waals surface area contributed by atoms with Gasteiger partial charge in [0.05, 0.1) is 4.88 Å². The molecule has 0 bridgehead atoms. The van der Waals surface area contributed by atoms with E-state index in [2.05, 4.69) is 15.9 Å². The third-order valence-electron chi connectivity index (χ3n) is 7.43. The second kappa shape index (κ2) is 6.94. The first kappa shape index (κ1) is 17.2. The molecular weight excluding hydrogens is 340 g/mol. The number of nitrogens with zero attached hydrogens (tertiary/aromatic N) is 2. The standard InChI is InChI=1S/C22H32N2OS/c25-21(19-14-17-8-3-1-2-4-9-18(17)26-19)24-16-22(11-7-10-20(22)24)15-23-12-5-6-13-23/h14,20H,1-13,15-16H2. The van der Waals surface area contributed by atoms with Crippen LogP contribution in [0.5, 0.6) is 0 Å². The van der Waals surface area contributed by atoms with Gasteiger partial charge in [-0.2, -0.15) is 0 Å². The molecule has 0 N–H and O–H groups in total. The first-order valence-corrected chi connectivity index (χ1v) is 11.7. The van der Waals surface area contributed by atoms with Gasteiger partial charge >= 0.3 is 0 Å². The summed E-state index contributed by atoms with van der Waals surface area (Å²) in [7, 11) is 0. The number of rotatable bonds is 3. The number of hydrogen-bond acceptors (Lipinski definition) is 3. The smallest absolute Gasteiger partial charge is 0.264 e. The van der Waals surface area contributed by atoms with Gasteiger partial charge in [0.1, 0.15) is 0 Å². The SMILES string of the molecule is O=C(c1cc2c(s1)CCCCCC2)N1CC2(CN3CCCC3)CCCC12. The highest BCUT2D eigenvalue weighted by atomic mass is 32.1. The maximum Gasteiger partial charge on any atom is 0.264 e. The van der Waals surface area contributed by atoms with Crippen LogP contribution in [0.2, 0.25) is 0 Å². The van der Waals surface area contributed by atoms with Gasteiger partial charge < -0.3 is 9.80 Å². The Balaban J connectivity index is 1.30. The normalized spacial score (nSPS) is 31.8. The number of likely N-dealkylation sites (tertiary alicyclic amines) is 2. The molecule has 3 fully saturated rings. The van der Waals surface area contributed by atoms with Crippen LogP contribution in [0.25, 0.3) is 0 Å². The lowest BCUT2D eigenvalue weighted by Gasteiger charge is -2.55. The number of hydrogen-bond donors (Lipinski definition) is 0. The predicted molar refractivity (Wildman–Crippen MR) is 107 cm³/mol. The Bertz CT molecular complexity index is 652. The fraction of sp³-hybridized carbons (Fsp3) is 0.773. The van der Waals surface area contributed by atoms with Crippen molar-refractivity contribution in [3.8, 4) is 0 Å². The van der Waals surface area contributed by atoms with Gasteiger partial charge in [-0.15, -0.1) is 11.3 Å². The molecule has 3 nitrogen and oxygen atoms in total. The van der Waals surface area contributed by atoms with Crippen molar-refractivity contribution in [2.24, 2.45) is 5.41 Å². The summed E-state index contributed by atoms with van der Waals surface area (Å²) in [6.45, 7) is 4.80. The number of aryl methyl sites for hydroxylation is 2.